The van der Waals surface area contributed by atoms with Gasteiger partial charge in [-0.1, -0.05) is 11.6 Å². The van der Waals surface area contributed by atoms with Crippen LogP contribution in [0.25, 0.3) is 0 Å². The van der Waals surface area contributed by atoms with Crippen molar-refractivity contribution in [3.8, 4) is 0 Å². The Labute approximate surface area is 146 Å². The fraction of sp³-hybridized carbons (Fsp3) is 0.533. The lowest BCUT2D eigenvalue weighted by Crippen LogP contribution is -2.39. The Morgan fingerprint density at radius 1 is 1.43 bits per heavy atom. The van der Waals surface area contributed by atoms with E-state index < -0.39 is 4.92 Å². The molecule has 6 nitrogen and oxygen atoms in total. The van der Waals surface area contributed by atoms with Crippen molar-refractivity contribution in [2.45, 2.75) is 19.3 Å². The number of likely N-dealkylation sites (tertiary alicyclic amines) is 1. The maximum absolute atomic E-state index is 12.5. The van der Waals surface area contributed by atoms with Gasteiger partial charge in [-0.3, -0.25) is 14.9 Å². The number of piperidine rings is 1. The molecule has 0 spiro atoms. The highest BCUT2D eigenvalue weighted by Gasteiger charge is 2.25. The van der Waals surface area contributed by atoms with E-state index in [1.165, 1.54) is 18.2 Å². The van der Waals surface area contributed by atoms with Crippen LogP contribution in [0.4, 0.5) is 5.69 Å². The van der Waals surface area contributed by atoms with Gasteiger partial charge >= 0.3 is 0 Å². The SMILES string of the molecule is CNCCC1CCN(C(=O)c2ccc([N+](=O)[O-])cc2Cl)CC1.Cl. The average Bonchev–Trinajstić information content (AvgIpc) is 2.52. The Kier molecular flexibility index (Phi) is 7.75. The highest BCUT2D eigenvalue weighted by molar-refractivity contribution is 6.34. The molecule has 0 aromatic heterocycles. The van der Waals surface area contributed by atoms with E-state index in [4.69, 9.17) is 11.6 Å². The molecule has 1 saturated heterocycles. The van der Waals surface area contributed by atoms with Crippen molar-refractivity contribution in [1.82, 2.24) is 10.2 Å². The van der Waals surface area contributed by atoms with E-state index in [0.29, 0.717) is 24.6 Å². The van der Waals surface area contributed by atoms with Crippen molar-refractivity contribution < 1.29 is 9.72 Å². The van der Waals surface area contributed by atoms with Crippen molar-refractivity contribution in [2.24, 2.45) is 5.92 Å². The lowest BCUT2D eigenvalue weighted by atomic mass is 9.93. The van der Waals surface area contributed by atoms with Crippen LogP contribution in [-0.2, 0) is 0 Å². The number of nitrogens with zero attached hydrogens (tertiary/aromatic N) is 2. The number of benzene rings is 1. The lowest BCUT2D eigenvalue weighted by molar-refractivity contribution is -0.384. The van der Waals surface area contributed by atoms with E-state index in [1.807, 2.05) is 7.05 Å². The van der Waals surface area contributed by atoms with Crippen LogP contribution in [0.15, 0.2) is 18.2 Å². The molecule has 1 heterocycles. The largest absolute Gasteiger partial charge is 0.339 e. The van der Waals surface area contributed by atoms with Gasteiger partial charge in [-0.25, -0.2) is 0 Å². The summed E-state index contributed by atoms with van der Waals surface area (Å²) in [6.07, 6.45) is 3.09. The van der Waals surface area contributed by atoms with Gasteiger partial charge in [0.2, 0.25) is 0 Å². The first-order valence-electron chi connectivity index (χ1n) is 7.40. The molecule has 0 unspecified atom stereocenters. The molecule has 0 saturated carbocycles. The summed E-state index contributed by atoms with van der Waals surface area (Å²) in [5.41, 5.74) is 0.230. The molecule has 0 aliphatic carbocycles. The molecule has 1 amide bonds. The maximum atomic E-state index is 12.5. The number of carbonyl (C=O) groups excluding carboxylic acids is 1. The molecule has 0 radical (unpaired) electrons. The van der Waals surface area contributed by atoms with E-state index in [0.717, 1.165) is 25.8 Å². The number of halogens is 2. The summed E-state index contributed by atoms with van der Waals surface area (Å²) in [6, 6.07) is 3.99. The first-order valence-corrected chi connectivity index (χ1v) is 7.78. The molecule has 1 N–H and O–H groups in total. The molecular weight excluding hydrogens is 341 g/mol. The summed E-state index contributed by atoms with van der Waals surface area (Å²) in [5, 5.41) is 14.0. The third-order valence-electron chi connectivity index (χ3n) is 4.10. The number of carbonyl (C=O) groups is 1. The van der Waals surface area contributed by atoms with E-state index in [2.05, 4.69) is 5.32 Å². The normalized spacial score (nSPS) is 15.1. The van der Waals surface area contributed by atoms with Gasteiger partial charge in [0, 0.05) is 25.2 Å². The van der Waals surface area contributed by atoms with Gasteiger partial charge < -0.3 is 10.2 Å². The Morgan fingerprint density at radius 3 is 2.61 bits per heavy atom. The first-order chi connectivity index (χ1) is 10.5. The van der Waals surface area contributed by atoms with Crippen molar-refractivity contribution >= 4 is 35.6 Å². The van der Waals surface area contributed by atoms with Crippen LogP contribution in [0.5, 0.6) is 0 Å². The quantitative estimate of drug-likeness (QED) is 0.645. The van der Waals surface area contributed by atoms with Gasteiger partial charge in [-0.15, -0.1) is 12.4 Å². The minimum absolute atomic E-state index is 0. The third kappa shape index (κ3) is 5.06. The fourth-order valence-corrected chi connectivity index (χ4v) is 2.99. The van der Waals surface area contributed by atoms with Gasteiger partial charge in [0.25, 0.3) is 11.6 Å². The van der Waals surface area contributed by atoms with Crippen LogP contribution in [0.3, 0.4) is 0 Å². The molecule has 1 aliphatic heterocycles. The smallest absolute Gasteiger partial charge is 0.270 e. The molecule has 128 valence electrons. The highest BCUT2D eigenvalue weighted by Crippen LogP contribution is 2.26. The van der Waals surface area contributed by atoms with E-state index in [-0.39, 0.29) is 29.0 Å². The predicted octanol–water partition coefficient (Wildman–Crippen LogP) is 3.13. The third-order valence-corrected chi connectivity index (χ3v) is 4.41. The van der Waals surface area contributed by atoms with Crippen LogP contribution in [-0.4, -0.2) is 42.4 Å². The molecule has 0 atom stereocenters. The number of non-ortho nitro benzene ring substituents is 1. The molecule has 0 bridgehead atoms. The van der Waals surface area contributed by atoms with Gasteiger partial charge in [0.15, 0.2) is 0 Å². The number of nitrogens with one attached hydrogen (secondary N) is 1. The van der Waals surface area contributed by atoms with Gasteiger partial charge in [0.1, 0.15) is 0 Å². The summed E-state index contributed by atoms with van der Waals surface area (Å²) in [4.78, 5) is 24.4. The molecule has 1 aliphatic rings. The van der Waals surface area contributed by atoms with Gasteiger partial charge in [0.05, 0.1) is 15.5 Å². The summed E-state index contributed by atoms with van der Waals surface area (Å²) >= 11 is 6.02. The number of amides is 1. The molecule has 1 fully saturated rings. The number of rotatable bonds is 5. The van der Waals surface area contributed by atoms with Gasteiger partial charge in [-0.2, -0.15) is 0 Å². The Morgan fingerprint density at radius 2 is 2.09 bits per heavy atom. The zero-order valence-corrected chi connectivity index (χ0v) is 14.5. The maximum Gasteiger partial charge on any atom is 0.270 e. The van der Waals surface area contributed by atoms with Crippen molar-refractivity contribution in [1.29, 1.82) is 0 Å². The summed E-state index contributed by atoms with van der Waals surface area (Å²) in [5.74, 6) is 0.496. The van der Waals surface area contributed by atoms with Crippen molar-refractivity contribution in [2.75, 3.05) is 26.7 Å². The zero-order valence-electron chi connectivity index (χ0n) is 13.0. The Bertz CT molecular complexity index is 561. The topological polar surface area (TPSA) is 75.5 Å². The zero-order chi connectivity index (χ0) is 16.1. The van der Waals surface area contributed by atoms with Crippen LogP contribution in [0.2, 0.25) is 5.02 Å². The molecule has 8 heteroatoms. The second-order valence-electron chi connectivity index (χ2n) is 5.55. The van der Waals surface area contributed by atoms with E-state index in [9.17, 15) is 14.9 Å². The molecule has 1 aromatic carbocycles. The number of hydrogen-bond acceptors (Lipinski definition) is 4. The Balaban J connectivity index is 0.00000264. The molecule has 23 heavy (non-hydrogen) atoms. The fourth-order valence-electron chi connectivity index (χ4n) is 2.73. The molecule has 2 rings (SSSR count). The van der Waals surface area contributed by atoms with Crippen molar-refractivity contribution in [3.05, 3.63) is 38.9 Å². The standard InChI is InChI=1S/C15H20ClN3O3.ClH/c1-17-7-4-11-5-8-18(9-6-11)15(20)13-3-2-12(19(21)22)10-14(13)16;/h2-3,10-11,17H,4-9H2,1H3;1H. The predicted molar refractivity (Wildman–Crippen MR) is 92.5 cm³/mol. The minimum Gasteiger partial charge on any atom is -0.339 e. The van der Waals surface area contributed by atoms with Crippen LogP contribution >= 0.6 is 24.0 Å². The molecular formula is C15H21Cl2N3O3. The van der Waals surface area contributed by atoms with Crippen LogP contribution in [0.1, 0.15) is 29.6 Å². The van der Waals surface area contributed by atoms with Gasteiger partial charge in [-0.05, 0) is 44.8 Å². The van der Waals surface area contributed by atoms with Crippen LogP contribution in [0, 0.1) is 16.0 Å². The average molecular weight is 362 g/mol. The minimum atomic E-state index is -0.520. The molecule has 1 aromatic rings. The Hall–Kier alpha value is -1.37. The first kappa shape index (κ1) is 19.7. The summed E-state index contributed by atoms with van der Waals surface area (Å²) in [7, 11) is 1.94. The number of hydrogen-bond donors (Lipinski definition) is 1. The second kappa shape index (κ2) is 9.05. The summed E-state index contributed by atoms with van der Waals surface area (Å²) in [6.45, 7) is 2.41. The van der Waals surface area contributed by atoms with E-state index in [1.54, 1.807) is 4.90 Å². The number of nitro benzene ring substituents is 1. The second-order valence-corrected chi connectivity index (χ2v) is 5.96. The monoisotopic (exact) mass is 361 g/mol. The van der Waals surface area contributed by atoms with Crippen LogP contribution < -0.4 is 5.32 Å². The number of nitro groups is 1. The van der Waals surface area contributed by atoms with Crippen molar-refractivity contribution in [3.63, 3.8) is 0 Å². The van der Waals surface area contributed by atoms with E-state index >= 15 is 0 Å². The summed E-state index contributed by atoms with van der Waals surface area (Å²) < 4.78 is 0. The highest BCUT2D eigenvalue weighted by atomic mass is 35.5. The lowest BCUT2D eigenvalue weighted by Gasteiger charge is -2.32.